The largest absolute Gasteiger partial charge is 0.493 e. The number of aryl methyl sites for hydroxylation is 1. The molecule has 5 nitrogen and oxygen atoms in total. The molecule has 1 atom stereocenters. The van der Waals surface area contributed by atoms with Gasteiger partial charge in [0.25, 0.3) is 5.91 Å². The molecule has 2 N–H and O–H groups in total. The van der Waals surface area contributed by atoms with Crippen molar-refractivity contribution in [3.63, 3.8) is 0 Å². The number of hydrogen-bond acceptors (Lipinski definition) is 4. The Bertz CT molecular complexity index is 618. The molecule has 108 valence electrons. The summed E-state index contributed by atoms with van der Waals surface area (Å²) in [6, 6.07) is 5.55. The van der Waals surface area contributed by atoms with E-state index in [2.05, 4.69) is 5.32 Å². The van der Waals surface area contributed by atoms with E-state index in [4.69, 9.17) is 14.3 Å². The molecule has 0 aliphatic rings. The molecule has 2 rings (SSSR count). The van der Waals surface area contributed by atoms with E-state index in [1.807, 2.05) is 26.0 Å². The summed E-state index contributed by atoms with van der Waals surface area (Å²) in [5, 5.41) is 12.6. The van der Waals surface area contributed by atoms with Gasteiger partial charge in [-0.25, -0.2) is 0 Å². The third-order valence-electron chi connectivity index (χ3n) is 3.28. The van der Waals surface area contributed by atoms with Crippen molar-refractivity contribution in [2.75, 3.05) is 20.3 Å². The van der Waals surface area contributed by atoms with Crippen LogP contribution in [0.2, 0.25) is 0 Å². The molecule has 1 unspecified atom stereocenters. The average molecular weight is 277 g/mol. The van der Waals surface area contributed by atoms with Crippen LogP contribution in [0.15, 0.2) is 22.6 Å². The zero-order valence-corrected chi connectivity index (χ0v) is 11.9. The van der Waals surface area contributed by atoms with E-state index >= 15 is 0 Å². The molecule has 0 aliphatic carbocycles. The number of furan rings is 1. The maximum Gasteiger partial charge on any atom is 0.287 e. The van der Waals surface area contributed by atoms with Crippen LogP contribution < -0.4 is 10.1 Å². The lowest BCUT2D eigenvalue weighted by Crippen LogP contribution is -2.29. The Labute approximate surface area is 117 Å². The van der Waals surface area contributed by atoms with Crippen molar-refractivity contribution >= 4 is 16.9 Å². The maximum atomic E-state index is 12.1. The van der Waals surface area contributed by atoms with E-state index in [9.17, 15) is 4.79 Å². The zero-order valence-electron chi connectivity index (χ0n) is 11.9. The molecule has 0 saturated heterocycles. The van der Waals surface area contributed by atoms with Crippen molar-refractivity contribution in [1.82, 2.24) is 5.32 Å². The lowest BCUT2D eigenvalue weighted by atomic mass is 10.1. The number of nitrogens with one attached hydrogen (secondary N) is 1. The standard InChI is InChI=1S/C15H19NO4/c1-9(8-17)7-16-15(18)13-10(2)11-5-4-6-12(19-3)14(11)20-13/h4-6,9,17H,7-8H2,1-3H3,(H,16,18). The summed E-state index contributed by atoms with van der Waals surface area (Å²) in [5.41, 5.74) is 1.36. The van der Waals surface area contributed by atoms with Gasteiger partial charge in [0.2, 0.25) is 0 Å². The van der Waals surface area contributed by atoms with E-state index in [0.29, 0.717) is 17.9 Å². The Morgan fingerprint density at radius 1 is 1.50 bits per heavy atom. The second-order valence-corrected chi connectivity index (χ2v) is 4.89. The third kappa shape index (κ3) is 2.63. The molecule has 0 radical (unpaired) electrons. The number of aliphatic hydroxyl groups is 1. The van der Waals surface area contributed by atoms with Gasteiger partial charge in [-0.3, -0.25) is 4.79 Å². The minimum absolute atomic E-state index is 0.0122. The van der Waals surface area contributed by atoms with Gasteiger partial charge < -0.3 is 19.6 Å². The number of ether oxygens (including phenoxy) is 1. The quantitative estimate of drug-likeness (QED) is 0.878. The summed E-state index contributed by atoms with van der Waals surface area (Å²) in [6.07, 6.45) is 0. The Morgan fingerprint density at radius 3 is 2.90 bits per heavy atom. The van der Waals surface area contributed by atoms with Crippen molar-refractivity contribution in [2.45, 2.75) is 13.8 Å². The van der Waals surface area contributed by atoms with Gasteiger partial charge in [-0.15, -0.1) is 0 Å². The lowest BCUT2D eigenvalue weighted by molar-refractivity contribution is 0.0915. The van der Waals surface area contributed by atoms with Gasteiger partial charge in [0.15, 0.2) is 17.1 Å². The van der Waals surface area contributed by atoms with Gasteiger partial charge in [0.1, 0.15) is 0 Å². The van der Waals surface area contributed by atoms with Crippen molar-refractivity contribution < 1.29 is 19.1 Å². The van der Waals surface area contributed by atoms with Crippen LogP contribution >= 0.6 is 0 Å². The molecule has 2 aromatic rings. The van der Waals surface area contributed by atoms with Crippen molar-refractivity contribution in [2.24, 2.45) is 5.92 Å². The topological polar surface area (TPSA) is 71.7 Å². The highest BCUT2D eigenvalue weighted by atomic mass is 16.5. The predicted octanol–water partition coefficient (Wildman–Crippen LogP) is 2.11. The van der Waals surface area contributed by atoms with E-state index in [1.165, 1.54) is 0 Å². The fourth-order valence-electron chi connectivity index (χ4n) is 2.01. The number of carbonyl (C=O) groups is 1. The lowest BCUT2D eigenvalue weighted by Gasteiger charge is -2.08. The highest BCUT2D eigenvalue weighted by molar-refractivity contribution is 6.00. The SMILES string of the molecule is COc1cccc2c(C)c(C(=O)NCC(C)CO)oc12. The van der Waals surface area contributed by atoms with Crippen LogP contribution in [0.3, 0.4) is 0 Å². The zero-order chi connectivity index (χ0) is 14.7. The summed E-state index contributed by atoms with van der Waals surface area (Å²) in [5.74, 6) is 0.627. The van der Waals surface area contributed by atoms with E-state index in [0.717, 1.165) is 10.9 Å². The van der Waals surface area contributed by atoms with Gasteiger partial charge in [-0.05, 0) is 18.9 Å². The summed E-state index contributed by atoms with van der Waals surface area (Å²) in [4.78, 5) is 12.1. The highest BCUT2D eigenvalue weighted by Gasteiger charge is 2.19. The first-order valence-electron chi connectivity index (χ1n) is 6.53. The maximum absolute atomic E-state index is 12.1. The van der Waals surface area contributed by atoms with Gasteiger partial charge in [0, 0.05) is 24.1 Å². The van der Waals surface area contributed by atoms with Crippen LogP contribution in [0.25, 0.3) is 11.0 Å². The molecular formula is C15H19NO4. The smallest absolute Gasteiger partial charge is 0.287 e. The first kappa shape index (κ1) is 14.4. The Hall–Kier alpha value is -2.01. The van der Waals surface area contributed by atoms with Crippen LogP contribution in [-0.4, -0.2) is 31.3 Å². The molecule has 1 aromatic carbocycles. The molecule has 0 aliphatic heterocycles. The molecule has 0 fully saturated rings. The predicted molar refractivity (Wildman–Crippen MR) is 76.1 cm³/mol. The van der Waals surface area contributed by atoms with Crippen LogP contribution in [0.4, 0.5) is 0 Å². The molecule has 0 saturated carbocycles. The summed E-state index contributed by atoms with van der Waals surface area (Å²) >= 11 is 0. The second kappa shape index (κ2) is 5.96. The van der Waals surface area contributed by atoms with Gasteiger partial charge in [0.05, 0.1) is 7.11 Å². The number of amides is 1. The van der Waals surface area contributed by atoms with Crippen LogP contribution in [-0.2, 0) is 0 Å². The van der Waals surface area contributed by atoms with E-state index in [1.54, 1.807) is 13.2 Å². The number of carbonyl (C=O) groups excluding carboxylic acids is 1. The average Bonchev–Trinajstić information content (AvgIpc) is 2.81. The van der Waals surface area contributed by atoms with Crippen LogP contribution in [0.1, 0.15) is 23.0 Å². The number of methoxy groups -OCH3 is 1. The monoisotopic (exact) mass is 277 g/mol. The third-order valence-corrected chi connectivity index (χ3v) is 3.28. The molecule has 1 aromatic heterocycles. The number of aliphatic hydroxyl groups excluding tert-OH is 1. The summed E-state index contributed by atoms with van der Waals surface area (Å²) < 4.78 is 10.9. The number of fused-ring (bicyclic) bond motifs is 1. The Kier molecular flexibility index (Phi) is 4.29. The fraction of sp³-hybridized carbons (Fsp3) is 0.400. The Morgan fingerprint density at radius 2 is 2.25 bits per heavy atom. The number of para-hydroxylation sites is 1. The normalized spacial score (nSPS) is 12.4. The first-order valence-corrected chi connectivity index (χ1v) is 6.53. The second-order valence-electron chi connectivity index (χ2n) is 4.89. The highest BCUT2D eigenvalue weighted by Crippen LogP contribution is 2.32. The molecule has 5 heteroatoms. The van der Waals surface area contributed by atoms with E-state index in [-0.39, 0.29) is 24.2 Å². The molecule has 1 heterocycles. The molecule has 0 spiro atoms. The number of hydrogen-bond donors (Lipinski definition) is 2. The molecule has 20 heavy (non-hydrogen) atoms. The van der Waals surface area contributed by atoms with Gasteiger partial charge in [-0.2, -0.15) is 0 Å². The molecule has 1 amide bonds. The van der Waals surface area contributed by atoms with Crippen molar-refractivity contribution in [1.29, 1.82) is 0 Å². The minimum atomic E-state index is -0.277. The molecule has 0 bridgehead atoms. The van der Waals surface area contributed by atoms with Gasteiger partial charge >= 0.3 is 0 Å². The first-order chi connectivity index (χ1) is 9.58. The summed E-state index contributed by atoms with van der Waals surface area (Å²) in [6.45, 7) is 4.14. The van der Waals surface area contributed by atoms with E-state index < -0.39 is 0 Å². The van der Waals surface area contributed by atoms with Crippen molar-refractivity contribution in [3.8, 4) is 5.75 Å². The summed E-state index contributed by atoms with van der Waals surface area (Å²) in [7, 11) is 1.56. The molecular weight excluding hydrogens is 258 g/mol. The minimum Gasteiger partial charge on any atom is -0.493 e. The van der Waals surface area contributed by atoms with Crippen LogP contribution in [0, 0.1) is 12.8 Å². The van der Waals surface area contributed by atoms with Crippen molar-refractivity contribution in [3.05, 3.63) is 29.5 Å². The van der Waals surface area contributed by atoms with Gasteiger partial charge in [-0.1, -0.05) is 19.1 Å². The fourth-order valence-corrected chi connectivity index (χ4v) is 2.01. The Balaban J connectivity index is 2.30. The van der Waals surface area contributed by atoms with Crippen LogP contribution in [0.5, 0.6) is 5.75 Å². The number of benzene rings is 1. The number of rotatable bonds is 5.